The predicted molar refractivity (Wildman–Crippen MR) is 420 cm³/mol. The molecule has 0 fully saturated rings. The topological polar surface area (TPSA) is 469 Å². The molecule has 0 saturated heterocycles. The summed E-state index contributed by atoms with van der Waals surface area (Å²) in [4.78, 5) is 93.3. The highest BCUT2D eigenvalue weighted by Crippen LogP contribution is 2.52. The van der Waals surface area contributed by atoms with E-state index in [-0.39, 0.29) is 96.8 Å². The van der Waals surface area contributed by atoms with Gasteiger partial charge in [0.05, 0.1) is 50.5 Å². The number of aromatic nitrogens is 4. The van der Waals surface area contributed by atoms with Gasteiger partial charge in [0.1, 0.15) is 12.1 Å². The minimum absolute atomic E-state index is 0.00295. The number of nitrogens with zero attached hydrogens (tertiary/aromatic N) is 5. The lowest BCUT2D eigenvalue weighted by atomic mass is 9.78. The van der Waals surface area contributed by atoms with Crippen LogP contribution in [0.25, 0.3) is 38.3 Å². The van der Waals surface area contributed by atoms with Gasteiger partial charge in [-0.1, -0.05) is 56.3 Å². The van der Waals surface area contributed by atoms with Gasteiger partial charge in [0.25, 0.3) is 57.8 Å². The number of benzene rings is 6. The van der Waals surface area contributed by atoms with E-state index in [0.717, 1.165) is 39.3 Å². The fraction of sp³-hybridized carbons (Fsp3) is 0.333. The van der Waals surface area contributed by atoms with E-state index in [1.165, 1.54) is 62.8 Å². The van der Waals surface area contributed by atoms with Gasteiger partial charge in [-0.25, -0.2) is 24.5 Å². The lowest BCUT2D eigenvalue weighted by molar-refractivity contribution is -0.438. The molecule has 112 heavy (non-hydrogen) atoms. The number of rotatable bonds is 31. The zero-order valence-electron chi connectivity index (χ0n) is 61.8. The molecule has 11 N–H and O–H groups in total. The van der Waals surface area contributed by atoms with Gasteiger partial charge in [0, 0.05) is 77.3 Å². The third-order valence-electron chi connectivity index (χ3n) is 20.7. The molecular weight excluding hydrogens is 1530 g/mol. The lowest BCUT2D eigenvalue weighted by Gasteiger charge is -2.28. The Hall–Kier alpha value is -10.7. The molecule has 2 aliphatic heterocycles. The molecule has 4 unspecified atom stereocenters. The van der Waals surface area contributed by atoms with E-state index < -0.39 is 116 Å². The highest BCUT2D eigenvalue weighted by Gasteiger charge is 2.47. The second-order valence-electron chi connectivity index (χ2n) is 29.0. The van der Waals surface area contributed by atoms with Gasteiger partial charge in [0.15, 0.2) is 23.4 Å². The number of hydrogen-bond donors (Lipinski definition) is 11. The second kappa shape index (κ2) is 32.9. The lowest BCUT2D eigenvalue weighted by Crippen LogP contribution is -2.44. The number of carboxylic acid groups (broad SMARTS) is 2. The van der Waals surface area contributed by atoms with E-state index >= 15 is 0 Å². The van der Waals surface area contributed by atoms with Crippen LogP contribution in [0.5, 0.6) is 0 Å². The van der Waals surface area contributed by atoms with Crippen LogP contribution in [0.4, 0.5) is 17.1 Å². The SMILES string of the molecule is CC(CCN1C(=CC=C2CCCC(C=CC3=[N+](CCC(C)S(=O)(=O)O)c4ccc5cc(S(=O)(=O)O)ccc5c4C3(C)C)=C2c2ccc(C(=O)NCCCCC(NC(=O)CCC(NC(=O)c3ccc(NCc4cnc5nc[nH]c(=O)c5n4)cc3)C(=O)O)C(=O)O)cc2)C(C)(C)c2c1ccc1cc(S(=O)(=O)O)ccc21)S(=O)(=O)O. The van der Waals surface area contributed by atoms with Crippen molar-refractivity contribution in [1.29, 1.82) is 0 Å². The summed E-state index contributed by atoms with van der Waals surface area (Å²) < 4.78 is 141. The molecule has 8 aromatic rings. The third-order valence-corrected chi connectivity index (χ3v) is 24.9. The number of aromatic amines is 1. The number of aliphatic carboxylic acids is 2. The molecule has 34 heteroatoms. The first-order valence-corrected chi connectivity index (χ1v) is 41.8. The van der Waals surface area contributed by atoms with Gasteiger partial charge in [-0.2, -0.15) is 38.2 Å². The Balaban J connectivity index is 0.821. The van der Waals surface area contributed by atoms with Crippen molar-refractivity contribution in [2.45, 2.75) is 155 Å². The Morgan fingerprint density at radius 1 is 0.652 bits per heavy atom. The van der Waals surface area contributed by atoms with Crippen molar-refractivity contribution in [1.82, 2.24) is 35.9 Å². The molecule has 6 aromatic carbocycles. The summed E-state index contributed by atoms with van der Waals surface area (Å²) in [5.41, 5.74) is 7.04. The smallest absolute Gasteiger partial charge is 0.326 e. The van der Waals surface area contributed by atoms with Gasteiger partial charge in [-0.05, 0) is 207 Å². The molecule has 0 saturated carbocycles. The number of carboxylic acids is 2. The van der Waals surface area contributed by atoms with E-state index in [1.54, 1.807) is 72.8 Å². The molecule has 3 aliphatic rings. The quantitative estimate of drug-likeness (QED) is 0.0109. The Kier molecular flexibility index (Phi) is 24.2. The van der Waals surface area contributed by atoms with Crippen LogP contribution in [0.1, 0.15) is 149 Å². The summed E-state index contributed by atoms with van der Waals surface area (Å²) in [6.45, 7) is 11.2. The van der Waals surface area contributed by atoms with Crippen LogP contribution in [0.15, 0.2) is 177 Å². The Morgan fingerprint density at radius 3 is 1.89 bits per heavy atom. The highest BCUT2D eigenvalue weighted by atomic mass is 32.2. The van der Waals surface area contributed by atoms with Gasteiger partial charge < -0.3 is 41.4 Å². The second-order valence-corrected chi connectivity index (χ2v) is 35.5. The van der Waals surface area contributed by atoms with Gasteiger partial charge in [-0.3, -0.25) is 37.4 Å². The first kappa shape index (κ1) is 82.2. The maximum absolute atomic E-state index is 13.9. The Morgan fingerprint density at radius 2 is 1.26 bits per heavy atom. The molecule has 2 aromatic heterocycles. The highest BCUT2D eigenvalue weighted by molar-refractivity contribution is 7.87. The standard InChI is InChI=1S/C78H84N10O20S4/c1-45(109(97,98)99)35-38-87-62-30-19-52-40-56(111(103,104)105)25-27-58(52)68(62)77(3,4)64(87)32-21-47-10-9-11-48(22-33-65-78(5,6)69-59-28-26-57(112(106,107)108)41-53(59)20-31-63(69)88(65)39-36-46(2)110(100,101)102)67(47)49-13-15-50(16-14-49)72(90)79-37-8-7-12-60(75(93)94)85-66(89)34-29-61(76(95)96)86-73(91)51-17-23-54(24-18-51)80-42-55-43-81-71-70(84-55)74(92)83-44-82-71/h13-28,30-33,40-41,43-46,60-61H,7-12,29,34-39,42H2,1-6H3,(H10-,79,80,81,82,83,85,86,89,90,91,92,93,94,95,96,97,98,99,100,101,102,103,104,105,106,107,108)/p+1. The van der Waals surface area contributed by atoms with Crippen molar-refractivity contribution >= 4 is 131 Å². The number of amides is 3. The Bertz CT molecular complexity index is 5840. The molecule has 0 spiro atoms. The average Bonchev–Trinajstić information content (AvgIpc) is 1.57. The van der Waals surface area contributed by atoms with Crippen molar-refractivity contribution < 1.29 is 90.6 Å². The van der Waals surface area contributed by atoms with Gasteiger partial charge in [0.2, 0.25) is 11.6 Å². The minimum Gasteiger partial charge on any atom is -0.480 e. The first-order valence-electron chi connectivity index (χ1n) is 36.0. The van der Waals surface area contributed by atoms with Crippen LogP contribution >= 0.6 is 0 Å². The normalized spacial score (nSPS) is 16.9. The summed E-state index contributed by atoms with van der Waals surface area (Å²) >= 11 is 0. The molecule has 0 radical (unpaired) electrons. The van der Waals surface area contributed by atoms with Crippen molar-refractivity contribution in [3.8, 4) is 0 Å². The van der Waals surface area contributed by atoms with Gasteiger partial charge >= 0.3 is 11.9 Å². The fourth-order valence-corrected chi connectivity index (χ4v) is 16.5. The zero-order chi connectivity index (χ0) is 81.2. The summed E-state index contributed by atoms with van der Waals surface area (Å²) in [5, 5.41) is 30.9. The maximum Gasteiger partial charge on any atom is 0.326 e. The molecule has 590 valence electrons. The summed E-state index contributed by atoms with van der Waals surface area (Å²) in [7, 11) is -18.1. The van der Waals surface area contributed by atoms with Gasteiger partial charge in [-0.15, -0.1) is 0 Å². The molecule has 1 aliphatic carbocycles. The van der Waals surface area contributed by atoms with E-state index in [1.807, 2.05) is 61.5 Å². The zero-order valence-corrected chi connectivity index (χ0v) is 65.1. The van der Waals surface area contributed by atoms with Crippen LogP contribution in [-0.2, 0) is 72.2 Å². The van der Waals surface area contributed by atoms with Crippen molar-refractivity contribution in [2.75, 3.05) is 29.9 Å². The number of allylic oxidation sites excluding steroid dienone is 8. The number of carbonyl (C=O) groups is 5. The largest absolute Gasteiger partial charge is 0.480 e. The number of fused-ring (bicyclic) bond motifs is 7. The van der Waals surface area contributed by atoms with Crippen LogP contribution in [-0.4, -0.2) is 164 Å². The van der Waals surface area contributed by atoms with E-state index in [2.05, 4.69) is 41.2 Å². The Labute approximate surface area is 646 Å². The minimum atomic E-state index is -4.58. The molecular formula is C78H85N10O20S4+. The molecule has 11 rings (SSSR count). The number of unbranched alkanes of at least 4 members (excludes halogenated alkanes) is 1. The average molecular weight is 1610 g/mol. The number of nitrogens with one attached hydrogen (secondary N) is 5. The summed E-state index contributed by atoms with van der Waals surface area (Å²) in [6, 6.07) is 25.7. The van der Waals surface area contributed by atoms with Crippen LogP contribution in [0.3, 0.4) is 0 Å². The first-order chi connectivity index (χ1) is 52.7. The number of H-pyrrole nitrogens is 1. The summed E-state index contributed by atoms with van der Waals surface area (Å²) in [6.07, 6.45) is 11.9. The number of hydrogen-bond acceptors (Lipinski definition) is 19. The van der Waals surface area contributed by atoms with Crippen LogP contribution in [0, 0.1) is 0 Å². The predicted octanol–water partition coefficient (Wildman–Crippen LogP) is 9.77. The third kappa shape index (κ3) is 18.4. The molecule has 30 nitrogen and oxygen atoms in total. The fourth-order valence-electron chi connectivity index (χ4n) is 14.6. The van der Waals surface area contributed by atoms with E-state index in [9.17, 15) is 90.9 Å². The molecule has 4 atom stereocenters. The number of anilines is 2. The van der Waals surface area contributed by atoms with Crippen LogP contribution in [0.2, 0.25) is 0 Å². The monoisotopic (exact) mass is 1610 g/mol. The van der Waals surface area contributed by atoms with Crippen LogP contribution < -0.4 is 31.7 Å². The van der Waals surface area contributed by atoms with E-state index in [0.29, 0.717) is 69.1 Å². The summed E-state index contributed by atoms with van der Waals surface area (Å²) in [5.74, 6) is -4.75. The van der Waals surface area contributed by atoms with Crippen molar-refractivity contribution in [3.63, 3.8) is 0 Å². The maximum atomic E-state index is 13.9. The van der Waals surface area contributed by atoms with Crippen molar-refractivity contribution in [2.24, 2.45) is 0 Å². The molecule has 3 amide bonds. The van der Waals surface area contributed by atoms with E-state index in [4.69, 9.17) is 0 Å². The molecule has 0 bridgehead atoms. The number of carbonyl (C=O) groups excluding carboxylic acids is 3. The molecule has 4 heterocycles. The van der Waals surface area contributed by atoms with Crippen molar-refractivity contribution in [3.05, 3.63) is 207 Å².